The Morgan fingerprint density at radius 3 is 1.62 bits per heavy atom. The molecule has 0 saturated carbocycles. The van der Waals surface area contributed by atoms with Gasteiger partial charge in [0.25, 0.3) is 0 Å². The van der Waals surface area contributed by atoms with Crippen LogP contribution in [-0.4, -0.2) is 29.1 Å². The van der Waals surface area contributed by atoms with Gasteiger partial charge >= 0.3 is 0 Å². The van der Waals surface area contributed by atoms with Crippen LogP contribution in [0.25, 0.3) is 88.9 Å². The second-order valence-corrected chi connectivity index (χ2v) is 11.9. The van der Waals surface area contributed by atoms with Crippen LogP contribution < -0.4 is 0 Å². The van der Waals surface area contributed by atoms with Gasteiger partial charge in [0.15, 0.2) is 11.6 Å². The summed E-state index contributed by atoms with van der Waals surface area (Å²) in [4.78, 5) is 20.3. The molecule has 0 bridgehead atoms. The fourth-order valence-electron chi connectivity index (χ4n) is 7.13. The third kappa shape index (κ3) is 3.93. The Balaban J connectivity index is 1.45. The number of aromatic nitrogens is 6. The van der Waals surface area contributed by atoms with E-state index in [2.05, 4.69) is 94.1 Å². The van der Waals surface area contributed by atoms with Crippen LogP contribution in [0.4, 0.5) is 0 Å². The first-order chi connectivity index (χ1) is 23.8. The molecule has 0 N–H and O–H groups in total. The summed E-state index contributed by atoms with van der Waals surface area (Å²) in [6.07, 6.45) is 1.84. The average Bonchev–Trinajstić information content (AvgIpc) is 3.69. The topological polar surface area (TPSA) is 61.4 Å². The van der Waals surface area contributed by atoms with Crippen molar-refractivity contribution < 1.29 is 0 Å². The summed E-state index contributed by atoms with van der Waals surface area (Å²) in [7, 11) is 0. The molecule has 0 saturated heterocycles. The SMILES string of the molecule is c1ccc(-c2nc(-c3ccccc3)nc(-n3c4c5cccnc5ccc4c4ccc5c6ccccc6n(-c6ccccc6)c5c43)n2)cc1. The highest BCUT2D eigenvalue weighted by atomic mass is 15.2. The van der Waals surface area contributed by atoms with E-state index in [1.165, 1.54) is 5.39 Å². The molecular formula is C42H26N6. The van der Waals surface area contributed by atoms with Crippen LogP contribution in [-0.2, 0) is 0 Å². The van der Waals surface area contributed by atoms with Gasteiger partial charge in [-0.25, -0.2) is 4.98 Å². The van der Waals surface area contributed by atoms with Crippen molar-refractivity contribution in [3.63, 3.8) is 0 Å². The number of benzene rings is 6. The summed E-state index contributed by atoms with van der Waals surface area (Å²) in [6.45, 7) is 0. The lowest BCUT2D eigenvalue weighted by Gasteiger charge is -2.13. The van der Waals surface area contributed by atoms with Gasteiger partial charge < -0.3 is 4.57 Å². The number of hydrogen-bond acceptors (Lipinski definition) is 4. The standard InChI is InChI=1S/C42H26N6/c1-4-13-27(14-5-1)40-44-41(28-15-6-2-7-16-28)46-42(45-40)48-37-32(24-25-35-34(37)20-12-26-43-35)33-23-22-31-30-19-10-11-21-36(30)47(38(31)39(33)48)29-17-8-3-9-18-29/h1-26H. The number of rotatable bonds is 4. The van der Waals surface area contributed by atoms with Crippen LogP contribution in [0, 0.1) is 0 Å². The van der Waals surface area contributed by atoms with Gasteiger partial charge in [-0.05, 0) is 42.5 Å². The number of nitrogens with zero attached hydrogens (tertiary/aromatic N) is 6. The van der Waals surface area contributed by atoms with Crippen LogP contribution in [0.2, 0.25) is 0 Å². The predicted molar refractivity (Wildman–Crippen MR) is 195 cm³/mol. The van der Waals surface area contributed by atoms with E-state index >= 15 is 0 Å². The average molecular weight is 615 g/mol. The summed E-state index contributed by atoms with van der Waals surface area (Å²) in [6, 6.07) is 52.4. The zero-order valence-electron chi connectivity index (χ0n) is 25.7. The van der Waals surface area contributed by atoms with Crippen LogP contribution in [0.5, 0.6) is 0 Å². The predicted octanol–water partition coefficient (Wildman–Crippen LogP) is 9.95. The van der Waals surface area contributed by atoms with E-state index in [4.69, 9.17) is 19.9 Å². The van der Waals surface area contributed by atoms with Crippen LogP contribution in [0.3, 0.4) is 0 Å². The second-order valence-electron chi connectivity index (χ2n) is 11.9. The first kappa shape index (κ1) is 26.5. The van der Waals surface area contributed by atoms with Crippen molar-refractivity contribution in [2.24, 2.45) is 0 Å². The third-order valence-corrected chi connectivity index (χ3v) is 9.21. The van der Waals surface area contributed by atoms with Crippen LogP contribution in [0.1, 0.15) is 0 Å². The number of pyridine rings is 1. The largest absolute Gasteiger partial charge is 0.307 e. The molecule has 4 heterocycles. The smallest absolute Gasteiger partial charge is 0.238 e. The van der Waals surface area contributed by atoms with Crippen molar-refractivity contribution in [1.82, 2.24) is 29.1 Å². The Labute approximate surface area is 275 Å². The zero-order valence-corrected chi connectivity index (χ0v) is 25.7. The Morgan fingerprint density at radius 2 is 0.917 bits per heavy atom. The summed E-state index contributed by atoms with van der Waals surface area (Å²) in [5.74, 6) is 1.78. The van der Waals surface area contributed by atoms with Crippen molar-refractivity contribution in [2.75, 3.05) is 0 Å². The maximum atomic E-state index is 5.25. The van der Waals surface area contributed by atoms with Gasteiger partial charge in [-0.15, -0.1) is 0 Å². The van der Waals surface area contributed by atoms with Gasteiger partial charge in [-0.1, -0.05) is 109 Å². The summed E-state index contributed by atoms with van der Waals surface area (Å²) in [5.41, 5.74) is 8.12. The van der Waals surface area contributed by atoms with Crippen LogP contribution in [0.15, 0.2) is 158 Å². The fraction of sp³-hybridized carbons (Fsp3) is 0. The van der Waals surface area contributed by atoms with Crippen molar-refractivity contribution >= 4 is 54.5 Å². The highest BCUT2D eigenvalue weighted by Gasteiger charge is 2.24. The first-order valence-corrected chi connectivity index (χ1v) is 16.0. The Morgan fingerprint density at radius 1 is 0.375 bits per heavy atom. The molecule has 0 aliphatic heterocycles. The molecule has 10 aromatic rings. The number of para-hydroxylation sites is 2. The molecule has 0 atom stereocenters. The molecule has 0 aliphatic rings. The minimum atomic E-state index is 0.552. The maximum absolute atomic E-state index is 5.25. The van der Waals surface area contributed by atoms with Crippen molar-refractivity contribution in [2.45, 2.75) is 0 Å². The third-order valence-electron chi connectivity index (χ3n) is 9.21. The molecule has 224 valence electrons. The minimum Gasteiger partial charge on any atom is -0.307 e. The lowest BCUT2D eigenvalue weighted by Crippen LogP contribution is -2.07. The molecule has 0 fully saturated rings. The molecule has 6 aromatic carbocycles. The second kappa shape index (κ2) is 10.4. The lowest BCUT2D eigenvalue weighted by atomic mass is 10.1. The monoisotopic (exact) mass is 614 g/mol. The van der Waals surface area contributed by atoms with E-state index in [0.717, 1.165) is 65.9 Å². The Hall–Kier alpha value is -6.66. The van der Waals surface area contributed by atoms with Gasteiger partial charge in [0.2, 0.25) is 5.95 Å². The molecule has 10 rings (SSSR count). The molecule has 6 heteroatoms. The summed E-state index contributed by atoms with van der Waals surface area (Å²) in [5, 5.41) is 5.61. The fourth-order valence-corrected chi connectivity index (χ4v) is 7.13. The van der Waals surface area contributed by atoms with Gasteiger partial charge in [0.05, 0.1) is 27.6 Å². The van der Waals surface area contributed by atoms with Crippen molar-refractivity contribution in [3.05, 3.63) is 158 Å². The lowest BCUT2D eigenvalue weighted by molar-refractivity contribution is 0.955. The van der Waals surface area contributed by atoms with E-state index in [0.29, 0.717) is 17.6 Å². The highest BCUT2D eigenvalue weighted by molar-refractivity contribution is 6.26. The number of fused-ring (bicyclic) bond motifs is 9. The molecule has 6 nitrogen and oxygen atoms in total. The summed E-state index contributed by atoms with van der Waals surface area (Å²) >= 11 is 0. The maximum Gasteiger partial charge on any atom is 0.238 e. The van der Waals surface area contributed by atoms with E-state index in [-0.39, 0.29) is 0 Å². The van der Waals surface area contributed by atoms with E-state index in [9.17, 15) is 0 Å². The minimum absolute atomic E-state index is 0.552. The summed E-state index contributed by atoms with van der Waals surface area (Å²) < 4.78 is 4.62. The van der Waals surface area contributed by atoms with Gasteiger partial charge in [-0.2, -0.15) is 9.97 Å². The van der Waals surface area contributed by atoms with Crippen LogP contribution >= 0.6 is 0 Å². The molecule has 0 unspecified atom stereocenters. The Bertz CT molecular complexity index is 2760. The highest BCUT2D eigenvalue weighted by Crippen LogP contribution is 2.43. The van der Waals surface area contributed by atoms with Gasteiger partial charge in [0.1, 0.15) is 0 Å². The van der Waals surface area contributed by atoms with E-state index in [1.54, 1.807) is 0 Å². The van der Waals surface area contributed by atoms with E-state index in [1.807, 2.05) is 72.9 Å². The van der Waals surface area contributed by atoms with Gasteiger partial charge in [-0.3, -0.25) is 9.55 Å². The zero-order chi connectivity index (χ0) is 31.6. The number of hydrogen-bond donors (Lipinski definition) is 0. The molecule has 48 heavy (non-hydrogen) atoms. The van der Waals surface area contributed by atoms with Crippen molar-refractivity contribution in [1.29, 1.82) is 0 Å². The van der Waals surface area contributed by atoms with Crippen molar-refractivity contribution in [3.8, 4) is 34.4 Å². The quantitative estimate of drug-likeness (QED) is 0.198. The Kier molecular flexibility index (Phi) is 5.77. The molecular weight excluding hydrogens is 589 g/mol. The molecule has 4 aromatic heterocycles. The molecule has 0 spiro atoms. The molecule has 0 radical (unpaired) electrons. The molecule has 0 amide bonds. The normalized spacial score (nSPS) is 11.8. The first-order valence-electron chi connectivity index (χ1n) is 16.0. The van der Waals surface area contributed by atoms with E-state index < -0.39 is 0 Å². The van der Waals surface area contributed by atoms with Gasteiger partial charge in [0, 0.05) is 49.9 Å². The molecule has 0 aliphatic carbocycles.